The summed E-state index contributed by atoms with van der Waals surface area (Å²) in [6.07, 6.45) is 3.20. The first kappa shape index (κ1) is 11.9. The van der Waals surface area contributed by atoms with Gasteiger partial charge in [0.25, 0.3) is 5.91 Å². The van der Waals surface area contributed by atoms with Crippen molar-refractivity contribution in [2.45, 2.75) is 19.5 Å². The Morgan fingerprint density at radius 1 is 1.58 bits per heavy atom. The summed E-state index contributed by atoms with van der Waals surface area (Å²) in [4.78, 5) is 13.2. The van der Waals surface area contributed by atoms with Gasteiger partial charge in [-0.2, -0.15) is 5.10 Å². The third kappa shape index (κ3) is 2.37. The monoisotopic (exact) mass is 261 g/mol. The third-order valence-corrected chi connectivity index (χ3v) is 3.26. The van der Waals surface area contributed by atoms with Crippen LogP contribution in [-0.2, 0) is 6.54 Å². The van der Waals surface area contributed by atoms with Crippen LogP contribution < -0.4 is 5.73 Å². The van der Waals surface area contributed by atoms with E-state index in [0.29, 0.717) is 11.6 Å². The number of aromatic nitrogens is 3. The molecule has 0 aromatic carbocycles. The second-order valence-electron chi connectivity index (χ2n) is 4.85. The van der Waals surface area contributed by atoms with Gasteiger partial charge in [0.2, 0.25) is 0 Å². The van der Waals surface area contributed by atoms with Crippen LogP contribution >= 0.6 is 0 Å². The van der Waals surface area contributed by atoms with Gasteiger partial charge in [0.15, 0.2) is 0 Å². The van der Waals surface area contributed by atoms with E-state index in [0.717, 1.165) is 31.1 Å². The van der Waals surface area contributed by atoms with Gasteiger partial charge in [0.1, 0.15) is 5.76 Å². The topological polar surface area (TPSA) is 90.2 Å². The number of aryl methyl sites for hydroxylation is 1. The van der Waals surface area contributed by atoms with Gasteiger partial charge in [-0.3, -0.25) is 14.4 Å². The molecule has 3 heterocycles. The summed E-state index contributed by atoms with van der Waals surface area (Å²) in [5.74, 6) is 0.380. The fourth-order valence-corrected chi connectivity index (χ4v) is 2.23. The number of primary amides is 1. The van der Waals surface area contributed by atoms with E-state index >= 15 is 0 Å². The van der Waals surface area contributed by atoms with Crippen LogP contribution in [-0.4, -0.2) is 38.8 Å². The second kappa shape index (κ2) is 4.51. The maximum absolute atomic E-state index is 11.0. The molecule has 2 aromatic rings. The van der Waals surface area contributed by atoms with Crippen molar-refractivity contribution >= 4 is 5.91 Å². The zero-order chi connectivity index (χ0) is 13.4. The van der Waals surface area contributed by atoms with E-state index < -0.39 is 5.91 Å². The summed E-state index contributed by atoms with van der Waals surface area (Å²) in [5.41, 5.74) is 6.59. The summed E-state index contributed by atoms with van der Waals surface area (Å²) in [5, 5.41) is 8.12. The summed E-state index contributed by atoms with van der Waals surface area (Å²) in [6.45, 7) is 4.42. The summed E-state index contributed by atoms with van der Waals surface area (Å²) in [7, 11) is 0. The number of hydrogen-bond acceptors (Lipinski definition) is 5. The van der Waals surface area contributed by atoms with Crippen LogP contribution in [0.3, 0.4) is 0 Å². The van der Waals surface area contributed by atoms with E-state index in [2.05, 4.69) is 15.2 Å². The normalized spacial score (nSPS) is 16.5. The summed E-state index contributed by atoms with van der Waals surface area (Å²) in [6, 6.07) is 2.23. The fourth-order valence-electron chi connectivity index (χ4n) is 2.23. The first-order valence-electron chi connectivity index (χ1n) is 6.10. The molecule has 0 saturated carbocycles. The van der Waals surface area contributed by atoms with Crippen LogP contribution in [0.1, 0.15) is 27.9 Å². The lowest BCUT2D eigenvalue weighted by molar-refractivity contribution is 0.0881. The number of carbonyl (C=O) groups is 1. The lowest BCUT2D eigenvalue weighted by Gasteiger charge is -2.38. The Balaban J connectivity index is 1.55. The molecule has 2 N–H and O–H groups in total. The predicted molar refractivity (Wildman–Crippen MR) is 66.3 cm³/mol. The van der Waals surface area contributed by atoms with Gasteiger partial charge in [-0.25, -0.2) is 0 Å². The highest BCUT2D eigenvalue weighted by molar-refractivity contribution is 5.92. The molecule has 0 radical (unpaired) electrons. The van der Waals surface area contributed by atoms with Crippen molar-refractivity contribution < 1.29 is 9.32 Å². The molecule has 19 heavy (non-hydrogen) atoms. The van der Waals surface area contributed by atoms with Gasteiger partial charge in [-0.1, -0.05) is 5.16 Å². The lowest BCUT2D eigenvalue weighted by atomic mass is 10.1. The Labute approximate surface area is 110 Å². The first-order chi connectivity index (χ1) is 9.11. The van der Waals surface area contributed by atoms with Crippen molar-refractivity contribution in [3.63, 3.8) is 0 Å². The maximum atomic E-state index is 11.0. The van der Waals surface area contributed by atoms with E-state index in [1.807, 2.05) is 13.0 Å². The van der Waals surface area contributed by atoms with Crippen LogP contribution in [0.15, 0.2) is 23.0 Å². The SMILES string of the molecule is Cc1cc(CN2CC(n3cc(C(N)=O)cn3)C2)no1. The van der Waals surface area contributed by atoms with Crippen LogP contribution in [0.25, 0.3) is 0 Å². The zero-order valence-electron chi connectivity index (χ0n) is 10.6. The van der Waals surface area contributed by atoms with Gasteiger partial charge in [0, 0.05) is 31.9 Å². The molecule has 1 aliphatic heterocycles. The minimum absolute atomic E-state index is 0.293. The standard InChI is InChI=1S/C12H15N5O2/c1-8-2-10(15-19-8)5-16-6-11(7-16)17-4-9(3-14-17)12(13)18/h2-4,11H,5-7H2,1H3,(H2,13,18). The second-order valence-corrected chi connectivity index (χ2v) is 4.85. The molecular weight excluding hydrogens is 246 g/mol. The van der Waals surface area contributed by atoms with E-state index in [4.69, 9.17) is 10.3 Å². The smallest absolute Gasteiger partial charge is 0.251 e. The molecule has 1 saturated heterocycles. The van der Waals surface area contributed by atoms with E-state index in [1.165, 1.54) is 6.20 Å². The van der Waals surface area contributed by atoms with Crippen LogP contribution in [0.5, 0.6) is 0 Å². The Kier molecular flexibility index (Phi) is 2.83. The molecule has 0 unspecified atom stereocenters. The van der Waals surface area contributed by atoms with Crippen molar-refractivity contribution in [3.8, 4) is 0 Å². The largest absolute Gasteiger partial charge is 0.366 e. The Hall–Kier alpha value is -2.15. The van der Waals surface area contributed by atoms with Gasteiger partial charge < -0.3 is 10.3 Å². The van der Waals surface area contributed by atoms with Gasteiger partial charge in [0.05, 0.1) is 23.5 Å². The number of nitrogens with zero attached hydrogens (tertiary/aromatic N) is 4. The Morgan fingerprint density at radius 2 is 2.37 bits per heavy atom. The molecule has 0 aliphatic carbocycles. The van der Waals surface area contributed by atoms with Gasteiger partial charge >= 0.3 is 0 Å². The minimum atomic E-state index is -0.444. The Morgan fingerprint density at radius 3 is 2.95 bits per heavy atom. The lowest BCUT2D eigenvalue weighted by Crippen LogP contribution is -2.47. The van der Waals surface area contributed by atoms with Gasteiger partial charge in [-0.15, -0.1) is 0 Å². The Bertz CT molecular complexity index is 597. The number of carbonyl (C=O) groups excluding carboxylic acids is 1. The molecule has 0 bridgehead atoms. The van der Waals surface area contributed by atoms with E-state index in [9.17, 15) is 4.79 Å². The number of likely N-dealkylation sites (tertiary alicyclic amines) is 1. The van der Waals surface area contributed by atoms with E-state index in [1.54, 1.807) is 10.9 Å². The number of amides is 1. The maximum Gasteiger partial charge on any atom is 0.251 e. The number of hydrogen-bond donors (Lipinski definition) is 1. The molecule has 1 fully saturated rings. The molecule has 1 aliphatic rings. The molecule has 0 atom stereocenters. The molecule has 3 rings (SSSR count). The van der Waals surface area contributed by atoms with Crippen LogP contribution in [0, 0.1) is 6.92 Å². The fraction of sp³-hybridized carbons (Fsp3) is 0.417. The average molecular weight is 261 g/mol. The highest BCUT2D eigenvalue weighted by Crippen LogP contribution is 2.22. The molecule has 2 aromatic heterocycles. The summed E-state index contributed by atoms with van der Waals surface area (Å²) >= 11 is 0. The molecule has 7 nitrogen and oxygen atoms in total. The van der Waals surface area contributed by atoms with Crippen LogP contribution in [0.4, 0.5) is 0 Å². The molecular formula is C12H15N5O2. The summed E-state index contributed by atoms with van der Waals surface area (Å²) < 4.78 is 6.83. The van der Waals surface area contributed by atoms with Crippen molar-refractivity contribution in [1.29, 1.82) is 0 Å². The van der Waals surface area contributed by atoms with E-state index in [-0.39, 0.29) is 0 Å². The molecule has 100 valence electrons. The molecule has 1 amide bonds. The third-order valence-electron chi connectivity index (χ3n) is 3.26. The molecule has 0 spiro atoms. The highest BCUT2D eigenvalue weighted by Gasteiger charge is 2.29. The van der Waals surface area contributed by atoms with Crippen molar-refractivity contribution in [2.75, 3.05) is 13.1 Å². The zero-order valence-corrected chi connectivity index (χ0v) is 10.6. The molecule has 7 heteroatoms. The minimum Gasteiger partial charge on any atom is -0.366 e. The van der Waals surface area contributed by atoms with Gasteiger partial charge in [-0.05, 0) is 6.92 Å². The number of rotatable bonds is 4. The highest BCUT2D eigenvalue weighted by atomic mass is 16.5. The number of nitrogens with two attached hydrogens (primary N) is 1. The quantitative estimate of drug-likeness (QED) is 0.856. The van der Waals surface area contributed by atoms with Crippen molar-refractivity contribution in [2.24, 2.45) is 5.73 Å². The average Bonchev–Trinajstić information content (AvgIpc) is 2.91. The van der Waals surface area contributed by atoms with Crippen LogP contribution in [0.2, 0.25) is 0 Å². The predicted octanol–water partition coefficient (Wildman–Crippen LogP) is 0.335. The van der Waals surface area contributed by atoms with Crippen molar-refractivity contribution in [3.05, 3.63) is 35.5 Å². The van der Waals surface area contributed by atoms with Crippen molar-refractivity contribution in [1.82, 2.24) is 19.8 Å². The first-order valence-corrected chi connectivity index (χ1v) is 6.10.